The SMILES string of the molecule is C[C@@H]1O[C@@H](OC(=O)c2ccc[nH]2)[C@H](O)[C@H](O)[C@@H]1O. The van der Waals surface area contributed by atoms with Gasteiger partial charge in [0.05, 0.1) is 6.10 Å². The molecule has 0 spiro atoms. The van der Waals surface area contributed by atoms with Crippen molar-refractivity contribution in [3.63, 3.8) is 0 Å². The van der Waals surface area contributed by atoms with E-state index in [4.69, 9.17) is 9.47 Å². The first-order valence-electron chi connectivity index (χ1n) is 5.54. The highest BCUT2D eigenvalue weighted by Crippen LogP contribution is 2.22. The molecule has 2 rings (SSSR count). The van der Waals surface area contributed by atoms with Crippen molar-refractivity contribution in [3.8, 4) is 0 Å². The fourth-order valence-corrected chi connectivity index (χ4v) is 1.74. The number of esters is 1. The lowest BCUT2D eigenvalue weighted by Gasteiger charge is -2.38. The summed E-state index contributed by atoms with van der Waals surface area (Å²) in [6.45, 7) is 1.51. The monoisotopic (exact) mass is 257 g/mol. The lowest BCUT2D eigenvalue weighted by atomic mass is 10.0. The highest BCUT2D eigenvalue weighted by Gasteiger charge is 2.43. The number of hydrogen-bond donors (Lipinski definition) is 4. The molecule has 7 nitrogen and oxygen atoms in total. The van der Waals surface area contributed by atoms with Crippen LogP contribution in [0.15, 0.2) is 18.3 Å². The highest BCUT2D eigenvalue weighted by atomic mass is 16.7. The molecule has 5 atom stereocenters. The van der Waals surface area contributed by atoms with Crippen molar-refractivity contribution in [3.05, 3.63) is 24.0 Å². The Balaban J connectivity index is 2.03. The van der Waals surface area contributed by atoms with Gasteiger partial charge in [0.1, 0.15) is 24.0 Å². The zero-order chi connectivity index (χ0) is 13.3. The molecular weight excluding hydrogens is 242 g/mol. The second kappa shape index (κ2) is 5.07. The van der Waals surface area contributed by atoms with Crippen molar-refractivity contribution in [2.75, 3.05) is 0 Å². The van der Waals surface area contributed by atoms with Crippen molar-refractivity contribution >= 4 is 5.97 Å². The number of ether oxygens (including phenoxy) is 2. The maximum Gasteiger partial charge on any atom is 0.357 e. The molecule has 2 heterocycles. The van der Waals surface area contributed by atoms with Crippen LogP contribution in [0.1, 0.15) is 17.4 Å². The number of aromatic nitrogens is 1. The maximum atomic E-state index is 11.6. The van der Waals surface area contributed by atoms with E-state index < -0.39 is 36.7 Å². The summed E-state index contributed by atoms with van der Waals surface area (Å²) in [5, 5.41) is 28.7. The number of H-pyrrole nitrogens is 1. The van der Waals surface area contributed by atoms with Crippen molar-refractivity contribution in [2.24, 2.45) is 0 Å². The number of aliphatic hydroxyl groups is 3. The van der Waals surface area contributed by atoms with Crippen LogP contribution >= 0.6 is 0 Å². The van der Waals surface area contributed by atoms with Crippen LogP contribution in [0.4, 0.5) is 0 Å². The van der Waals surface area contributed by atoms with Crippen LogP contribution in [0.2, 0.25) is 0 Å². The molecular formula is C11H15NO6. The van der Waals surface area contributed by atoms with Gasteiger partial charge in [-0.2, -0.15) is 0 Å². The lowest BCUT2D eigenvalue weighted by Crippen LogP contribution is -2.57. The molecule has 0 saturated carbocycles. The largest absolute Gasteiger partial charge is 0.428 e. The second-order valence-electron chi connectivity index (χ2n) is 4.17. The first-order valence-corrected chi connectivity index (χ1v) is 5.54. The molecule has 7 heteroatoms. The zero-order valence-corrected chi connectivity index (χ0v) is 9.69. The van der Waals surface area contributed by atoms with Gasteiger partial charge < -0.3 is 29.8 Å². The van der Waals surface area contributed by atoms with Crippen LogP contribution in [0, 0.1) is 0 Å². The fraction of sp³-hybridized carbons (Fsp3) is 0.545. The van der Waals surface area contributed by atoms with E-state index in [1.54, 1.807) is 12.3 Å². The molecule has 0 aromatic carbocycles. The molecule has 1 aromatic rings. The molecule has 18 heavy (non-hydrogen) atoms. The average Bonchev–Trinajstić information content (AvgIpc) is 2.87. The standard InChI is InChI=1S/C11H15NO6/c1-5-7(13)8(14)9(15)11(17-5)18-10(16)6-3-2-4-12-6/h2-5,7-9,11-15H,1H3/t5-,7+,8+,9+,11-/m0/s1. The Morgan fingerprint density at radius 2 is 2.06 bits per heavy atom. The minimum Gasteiger partial charge on any atom is -0.428 e. The summed E-state index contributed by atoms with van der Waals surface area (Å²) in [5.74, 6) is -0.708. The van der Waals surface area contributed by atoms with Gasteiger partial charge in [-0.3, -0.25) is 0 Å². The summed E-state index contributed by atoms with van der Waals surface area (Å²) in [6.07, 6.45) is -4.64. The van der Waals surface area contributed by atoms with Crippen molar-refractivity contribution in [2.45, 2.75) is 37.6 Å². The zero-order valence-electron chi connectivity index (χ0n) is 9.69. The van der Waals surface area contributed by atoms with E-state index in [-0.39, 0.29) is 5.69 Å². The molecule has 0 unspecified atom stereocenters. The van der Waals surface area contributed by atoms with Gasteiger partial charge >= 0.3 is 5.97 Å². The van der Waals surface area contributed by atoms with Crippen LogP contribution in [-0.4, -0.2) is 57.0 Å². The number of hydrogen-bond acceptors (Lipinski definition) is 6. The highest BCUT2D eigenvalue weighted by molar-refractivity contribution is 5.87. The summed E-state index contributed by atoms with van der Waals surface area (Å²) < 4.78 is 10.1. The molecule has 0 aliphatic carbocycles. The smallest absolute Gasteiger partial charge is 0.357 e. The lowest BCUT2D eigenvalue weighted by molar-refractivity contribution is -0.276. The minimum atomic E-state index is -1.49. The molecule has 1 aliphatic rings. The van der Waals surface area contributed by atoms with Crippen LogP contribution < -0.4 is 0 Å². The van der Waals surface area contributed by atoms with Gasteiger partial charge in [-0.1, -0.05) is 0 Å². The van der Waals surface area contributed by atoms with Crippen LogP contribution in [0.3, 0.4) is 0 Å². The molecule has 0 amide bonds. The van der Waals surface area contributed by atoms with Gasteiger partial charge in [0.15, 0.2) is 0 Å². The molecule has 0 radical (unpaired) electrons. The topological polar surface area (TPSA) is 112 Å². The van der Waals surface area contributed by atoms with Gasteiger partial charge in [-0.05, 0) is 19.1 Å². The Morgan fingerprint density at radius 3 is 2.67 bits per heavy atom. The van der Waals surface area contributed by atoms with Gasteiger partial charge in [0, 0.05) is 6.20 Å². The third-order valence-electron chi connectivity index (χ3n) is 2.85. The molecule has 0 bridgehead atoms. The van der Waals surface area contributed by atoms with Crippen LogP contribution in [0.25, 0.3) is 0 Å². The van der Waals surface area contributed by atoms with Crippen molar-refractivity contribution in [1.82, 2.24) is 4.98 Å². The van der Waals surface area contributed by atoms with E-state index in [1.165, 1.54) is 13.0 Å². The number of aliphatic hydroxyl groups excluding tert-OH is 3. The number of aromatic amines is 1. The quantitative estimate of drug-likeness (QED) is 0.505. The summed E-state index contributed by atoms with van der Waals surface area (Å²) in [4.78, 5) is 14.3. The number of rotatable bonds is 2. The Labute approximate surface area is 103 Å². The first-order chi connectivity index (χ1) is 8.50. The second-order valence-corrected chi connectivity index (χ2v) is 4.17. The van der Waals surface area contributed by atoms with Gasteiger partial charge in [0.2, 0.25) is 6.29 Å². The van der Waals surface area contributed by atoms with Crippen molar-refractivity contribution < 1.29 is 29.6 Å². The first kappa shape index (κ1) is 13.0. The molecule has 4 N–H and O–H groups in total. The van der Waals surface area contributed by atoms with Gasteiger partial charge in [-0.25, -0.2) is 4.79 Å². The van der Waals surface area contributed by atoms with E-state index >= 15 is 0 Å². The minimum absolute atomic E-state index is 0.207. The Hall–Kier alpha value is -1.41. The molecule has 100 valence electrons. The predicted octanol–water partition coefficient (Wildman–Crippen LogP) is -1.00. The summed E-state index contributed by atoms with van der Waals surface area (Å²) in [5.41, 5.74) is 0.207. The average molecular weight is 257 g/mol. The molecule has 1 aliphatic heterocycles. The Morgan fingerprint density at radius 1 is 1.33 bits per heavy atom. The van der Waals surface area contributed by atoms with E-state index in [9.17, 15) is 20.1 Å². The van der Waals surface area contributed by atoms with E-state index in [0.717, 1.165) is 0 Å². The van der Waals surface area contributed by atoms with E-state index in [2.05, 4.69) is 4.98 Å². The summed E-state index contributed by atoms with van der Waals surface area (Å²) >= 11 is 0. The van der Waals surface area contributed by atoms with Gasteiger partial charge in [0.25, 0.3) is 0 Å². The molecule has 1 fully saturated rings. The van der Waals surface area contributed by atoms with Crippen molar-refractivity contribution in [1.29, 1.82) is 0 Å². The van der Waals surface area contributed by atoms with Gasteiger partial charge in [-0.15, -0.1) is 0 Å². The number of carbonyl (C=O) groups excluding carboxylic acids is 1. The maximum absolute atomic E-state index is 11.6. The van der Waals surface area contributed by atoms with E-state index in [1.807, 2.05) is 0 Å². The Kier molecular flexibility index (Phi) is 3.67. The fourth-order valence-electron chi connectivity index (χ4n) is 1.74. The number of carbonyl (C=O) groups is 1. The van der Waals surface area contributed by atoms with Crippen LogP contribution in [0.5, 0.6) is 0 Å². The summed E-state index contributed by atoms with van der Waals surface area (Å²) in [7, 11) is 0. The Bertz CT molecular complexity index is 406. The third kappa shape index (κ3) is 2.39. The van der Waals surface area contributed by atoms with Crippen LogP contribution in [-0.2, 0) is 9.47 Å². The molecule has 1 aromatic heterocycles. The third-order valence-corrected chi connectivity index (χ3v) is 2.85. The normalized spacial score (nSPS) is 36.3. The number of nitrogens with one attached hydrogen (secondary N) is 1. The van der Waals surface area contributed by atoms with E-state index in [0.29, 0.717) is 0 Å². The predicted molar refractivity (Wildman–Crippen MR) is 58.6 cm³/mol. The summed E-state index contributed by atoms with van der Waals surface area (Å²) in [6, 6.07) is 3.13. The molecule has 1 saturated heterocycles.